The van der Waals surface area contributed by atoms with Gasteiger partial charge in [0, 0.05) is 24.8 Å². The lowest BCUT2D eigenvalue weighted by Gasteiger charge is -2.07. The van der Waals surface area contributed by atoms with Gasteiger partial charge >= 0.3 is 0 Å². The van der Waals surface area contributed by atoms with Crippen molar-refractivity contribution in [2.24, 2.45) is 7.05 Å². The number of hydrogen-bond acceptors (Lipinski definition) is 3. The second-order valence-electron chi connectivity index (χ2n) is 4.85. The first-order chi connectivity index (χ1) is 10.5. The zero-order chi connectivity index (χ0) is 16.1. The third-order valence-electron chi connectivity index (χ3n) is 3.19. The lowest BCUT2D eigenvalue weighted by atomic mass is 10.2. The number of hydrogen-bond donors (Lipinski definition) is 2. The summed E-state index contributed by atoms with van der Waals surface area (Å²) in [7, 11) is 1.73. The molecule has 2 N–H and O–H groups in total. The topological polar surface area (TPSA) is 76.0 Å². The smallest absolute Gasteiger partial charge is 0.272 e. The van der Waals surface area contributed by atoms with Crippen molar-refractivity contribution in [3.8, 4) is 0 Å². The lowest BCUT2D eigenvalue weighted by molar-refractivity contribution is -0.120. The molecule has 0 bridgehead atoms. The van der Waals surface area contributed by atoms with Crippen LogP contribution in [0.4, 0.5) is 4.39 Å². The van der Waals surface area contributed by atoms with Crippen LogP contribution >= 0.6 is 0 Å². The molecule has 0 aliphatic rings. The molecule has 0 saturated heterocycles. The van der Waals surface area contributed by atoms with Gasteiger partial charge in [0.05, 0.1) is 6.54 Å². The van der Waals surface area contributed by atoms with Crippen LogP contribution in [0, 0.1) is 12.7 Å². The van der Waals surface area contributed by atoms with Crippen molar-refractivity contribution in [2.45, 2.75) is 13.5 Å². The quantitative estimate of drug-likeness (QED) is 0.862. The standard InChI is InChI=1S/C15H17FN4O2/c1-10-7-13(19-20(10)2)15(22)18-9-14(21)17-8-11-5-3-4-6-12(11)16/h3-7H,8-9H2,1-2H3,(H,17,21)(H,18,22). The largest absolute Gasteiger partial charge is 0.350 e. The van der Waals surface area contributed by atoms with E-state index in [4.69, 9.17) is 0 Å². The predicted octanol–water partition coefficient (Wildman–Crippen LogP) is 0.914. The Hall–Kier alpha value is -2.70. The Morgan fingerprint density at radius 2 is 2.00 bits per heavy atom. The summed E-state index contributed by atoms with van der Waals surface area (Å²) in [5.41, 5.74) is 1.48. The molecule has 0 unspecified atom stereocenters. The number of aromatic nitrogens is 2. The molecule has 2 amide bonds. The van der Waals surface area contributed by atoms with Gasteiger partial charge in [-0.1, -0.05) is 18.2 Å². The van der Waals surface area contributed by atoms with Crippen molar-refractivity contribution in [1.82, 2.24) is 20.4 Å². The van der Waals surface area contributed by atoms with Gasteiger partial charge in [0.2, 0.25) is 5.91 Å². The second-order valence-corrected chi connectivity index (χ2v) is 4.85. The fraction of sp³-hybridized carbons (Fsp3) is 0.267. The Balaban J connectivity index is 1.80. The average molecular weight is 304 g/mol. The molecule has 2 aromatic rings. The Morgan fingerprint density at radius 1 is 1.27 bits per heavy atom. The lowest BCUT2D eigenvalue weighted by Crippen LogP contribution is -2.36. The maximum Gasteiger partial charge on any atom is 0.272 e. The maximum absolute atomic E-state index is 13.4. The van der Waals surface area contributed by atoms with Gasteiger partial charge in [0.25, 0.3) is 5.91 Å². The summed E-state index contributed by atoms with van der Waals surface area (Å²) in [5, 5.41) is 9.03. The van der Waals surface area contributed by atoms with Crippen molar-refractivity contribution in [3.63, 3.8) is 0 Å². The second kappa shape index (κ2) is 6.84. The first-order valence-corrected chi connectivity index (χ1v) is 6.76. The average Bonchev–Trinajstić information content (AvgIpc) is 2.83. The molecule has 22 heavy (non-hydrogen) atoms. The fourth-order valence-corrected chi connectivity index (χ4v) is 1.82. The maximum atomic E-state index is 13.4. The number of benzene rings is 1. The molecule has 0 fully saturated rings. The number of carbonyl (C=O) groups excluding carboxylic acids is 2. The molecule has 0 atom stereocenters. The van der Waals surface area contributed by atoms with Crippen molar-refractivity contribution >= 4 is 11.8 Å². The summed E-state index contributed by atoms with van der Waals surface area (Å²) in [5.74, 6) is -1.20. The zero-order valence-corrected chi connectivity index (χ0v) is 12.4. The normalized spacial score (nSPS) is 10.3. The van der Waals surface area contributed by atoms with Crippen molar-refractivity contribution in [3.05, 3.63) is 53.1 Å². The number of aryl methyl sites for hydroxylation is 2. The van der Waals surface area contributed by atoms with Gasteiger partial charge in [-0.15, -0.1) is 0 Å². The molecule has 0 spiro atoms. The SMILES string of the molecule is Cc1cc(C(=O)NCC(=O)NCc2ccccc2F)nn1C. The first-order valence-electron chi connectivity index (χ1n) is 6.76. The van der Waals surface area contributed by atoms with E-state index in [9.17, 15) is 14.0 Å². The van der Waals surface area contributed by atoms with E-state index in [0.29, 0.717) is 5.56 Å². The molecular weight excluding hydrogens is 287 g/mol. The van der Waals surface area contributed by atoms with Gasteiger partial charge in [-0.25, -0.2) is 4.39 Å². The molecule has 116 valence electrons. The van der Waals surface area contributed by atoms with Crippen LogP contribution in [0.3, 0.4) is 0 Å². The van der Waals surface area contributed by atoms with Gasteiger partial charge < -0.3 is 10.6 Å². The highest BCUT2D eigenvalue weighted by Gasteiger charge is 2.12. The highest BCUT2D eigenvalue weighted by molar-refractivity contribution is 5.94. The van der Waals surface area contributed by atoms with Gasteiger partial charge in [0.15, 0.2) is 0 Å². The Bertz CT molecular complexity index is 677. The van der Waals surface area contributed by atoms with E-state index >= 15 is 0 Å². The van der Waals surface area contributed by atoms with Crippen molar-refractivity contribution in [1.29, 1.82) is 0 Å². The molecule has 7 heteroatoms. The number of carbonyl (C=O) groups is 2. The minimum Gasteiger partial charge on any atom is -0.350 e. The van der Waals surface area contributed by atoms with Gasteiger partial charge in [-0.05, 0) is 19.1 Å². The Labute approximate surface area is 127 Å². The van der Waals surface area contributed by atoms with E-state index in [2.05, 4.69) is 15.7 Å². The molecule has 0 aliphatic heterocycles. The molecule has 2 rings (SSSR count). The van der Waals surface area contributed by atoms with Crippen LogP contribution in [0.5, 0.6) is 0 Å². The molecule has 0 saturated carbocycles. The van der Waals surface area contributed by atoms with Crippen LogP contribution < -0.4 is 10.6 Å². The molecule has 1 aromatic carbocycles. The molecule has 6 nitrogen and oxygen atoms in total. The van der Waals surface area contributed by atoms with Crippen LogP contribution in [0.2, 0.25) is 0 Å². The number of amides is 2. The van der Waals surface area contributed by atoms with Crippen molar-refractivity contribution in [2.75, 3.05) is 6.54 Å². The van der Waals surface area contributed by atoms with E-state index in [0.717, 1.165) is 5.69 Å². The Morgan fingerprint density at radius 3 is 2.64 bits per heavy atom. The number of halogens is 1. The summed E-state index contributed by atoms with van der Waals surface area (Å²) in [6, 6.07) is 7.82. The van der Waals surface area contributed by atoms with Crippen LogP contribution in [0.15, 0.2) is 30.3 Å². The molecule has 0 radical (unpaired) electrons. The van der Waals surface area contributed by atoms with Crippen LogP contribution in [-0.4, -0.2) is 28.1 Å². The van der Waals surface area contributed by atoms with E-state index in [-0.39, 0.29) is 24.6 Å². The highest BCUT2D eigenvalue weighted by Crippen LogP contribution is 2.05. The summed E-state index contributed by atoms with van der Waals surface area (Å²) in [6.45, 7) is 1.71. The number of nitrogens with one attached hydrogen (secondary N) is 2. The Kier molecular flexibility index (Phi) is 4.88. The third kappa shape index (κ3) is 3.91. The monoisotopic (exact) mass is 304 g/mol. The van der Waals surface area contributed by atoms with Crippen LogP contribution in [0.1, 0.15) is 21.7 Å². The summed E-state index contributed by atoms with van der Waals surface area (Å²) >= 11 is 0. The van der Waals surface area contributed by atoms with Gasteiger partial charge in [-0.3, -0.25) is 14.3 Å². The molecule has 0 aliphatic carbocycles. The summed E-state index contributed by atoms with van der Waals surface area (Å²) in [6.07, 6.45) is 0. The number of rotatable bonds is 5. The van der Waals surface area contributed by atoms with Gasteiger partial charge in [0.1, 0.15) is 11.5 Å². The van der Waals surface area contributed by atoms with Crippen molar-refractivity contribution < 1.29 is 14.0 Å². The zero-order valence-electron chi connectivity index (χ0n) is 12.4. The van der Waals surface area contributed by atoms with E-state index in [1.807, 2.05) is 6.92 Å². The van der Waals surface area contributed by atoms with Gasteiger partial charge in [-0.2, -0.15) is 5.10 Å². The minimum absolute atomic E-state index is 0.0735. The molecular formula is C15H17FN4O2. The molecule has 1 aromatic heterocycles. The summed E-state index contributed by atoms with van der Waals surface area (Å²) in [4.78, 5) is 23.5. The van der Waals surface area contributed by atoms with E-state index in [1.165, 1.54) is 6.07 Å². The fourth-order valence-electron chi connectivity index (χ4n) is 1.82. The predicted molar refractivity (Wildman–Crippen MR) is 78.5 cm³/mol. The summed E-state index contributed by atoms with van der Waals surface area (Å²) < 4.78 is 15.0. The molecule has 1 heterocycles. The van der Waals surface area contributed by atoms with Crippen LogP contribution in [-0.2, 0) is 18.4 Å². The van der Waals surface area contributed by atoms with E-state index < -0.39 is 11.8 Å². The van der Waals surface area contributed by atoms with E-state index in [1.54, 1.807) is 36.0 Å². The minimum atomic E-state index is -0.426. The number of nitrogens with zero attached hydrogens (tertiary/aromatic N) is 2. The third-order valence-corrected chi connectivity index (χ3v) is 3.19. The highest BCUT2D eigenvalue weighted by atomic mass is 19.1. The van der Waals surface area contributed by atoms with Crippen LogP contribution in [0.25, 0.3) is 0 Å². The first kappa shape index (κ1) is 15.7.